The maximum absolute atomic E-state index is 3.74. The second-order valence-electron chi connectivity index (χ2n) is 4.32. The van der Waals surface area contributed by atoms with Crippen LogP contribution in [0, 0.1) is 5.92 Å². The van der Waals surface area contributed by atoms with Gasteiger partial charge in [0.15, 0.2) is 0 Å². The second-order valence-corrected chi connectivity index (χ2v) is 4.32. The Morgan fingerprint density at radius 1 is 1.09 bits per heavy atom. The zero-order chi connectivity index (χ0) is 7.68. The van der Waals surface area contributed by atoms with E-state index in [-0.39, 0.29) is 0 Å². The molecule has 1 heteroatoms. The smallest absolute Gasteiger partial charge is 0.00989 e. The molecule has 64 valence electrons. The van der Waals surface area contributed by atoms with Gasteiger partial charge in [-0.15, -0.1) is 0 Å². The predicted octanol–water partition coefficient (Wildman–Crippen LogP) is 2.32. The first-order chi connectivity index (χ1) is 5.36. The summed E-state index contributed by atoms with van der Waals surface area (Å²) in [5.41, 5.74) is 0. The first-order valence-electron chi connectivity index (χ1n) is 5.12. The van der Waals surface area contributed by atoms with Gasteiger partial charge in [0.25, 0.3) is 0 Å². The lowest BCUT2D eigenvalue weighted by Gasteiger charge is -2.22. The van der Waals surface area contributed by atoms with Crippen molar-refractivity contribution >= 4 is 0 Å². The van der Waals surface area contributed by atoms with E-state index < -0.39 is 0 Å². The maximum Gasteiger partial charge on any atom is 0.00989 e. The molecule has 0 aliphatic heterocycles. The molecule has 1 nitrogen and oxygen atoms in total. The van der Waals surface area contributed by atoms with Gasteiger partial charge in [-0.1, -0.05) is 26.2 Å². The lowest BCUT2D eigenvalue weighted by Crippen LogP contribution is -2.33. The van der Waals surface area contributed by atoms with Crippen molar-refractivity contribution in [2.24, 2.45) is 5.92 Å². The normalized spacial score (nSPS) is 39.0. The van der Waals surface area contributed by atoms with Crippen molar-refractivity contribution in [3.63, 3.8) is 0 Å². The predicted molar refractivity (Wildman–Crippen MR) is 47.6 cm³/mol. The summed E-state index contributed by atoms with van der Waals surface area (Å²) in [5, 5.41) is 3.74. The van der Waals surface area contributed by atoms with Crippen LogP contribution in [0.2, 0.25) is 0 Å². The molecule has 1 N–H and O–H groups in total. The zero-order valence-corrected chi connectivity index (χ0v) is 7.47. The number of nitrogens with one attached hydrogen (secondary N) is 1. The van der Waals surface area contributed by atoms with Crippen molar-refractivity contribution in [2.45, 2.75) is 57.5 Å². The van der Waals surface area contributed by atoms with Gasteiger partial charge < -0.3 is 5.32 Å². The van der Waals surface area contributed by atoms with E-state index in [2.05, 4.69) is 12.2 Å². The average Bonchev–Trinajstić information content (AvgIpc) is 2.69. The van der Waals surface area contributed by atoms with Crippen molar-refractivity contribution in [3.8, 4) is 0 Å². The molecule has 11 heavy (non-hydrogen) atoms. The largest absolute Gasteiger partial charge is 0.311 e. The van der Waals surface area contributed by atoms with E-state index in [9.17, 15) is 0 Å². The summed E-state index contributed by atoms with van der Waals surface area (Å²) in [5.74, 6) is 0.969. The summed E-state index contributed by atoms with van der Waals surface area (Å²) in [6, 6.07) is 1.76. The third kappa shape index (κ3) is 1.96. The van der Waals surface area contributed by atoms with E-state index >= 15 is 0 Å². The molecule has 2 aliphatic rings. The Morgan fingerprint density at radius 3 is 2.27 bits per heavy atom. The Labute approximate surface area is 69.6 Å². The molecule has 0 spiro atoms. The molecule has 2 atom stereocenters. The minimum absolute atomic E-state index is 0.874. The minimum Gasteiger partial charge on any atom is -0.311 e. The van der Waals surface area contributed by atoms with Crippen molar-refractivity contribution in [1.82, 2.24) is 5.32 Å². The highest BCUT2D eigenvalue weighted by atomic mass is 15.0. The van der Waals surface area contributed by atoms with Gasteiger partial charge in [-0.05, 0) is 25.2 Å². The van der Waals surface area contributed by atoms with E-state index in [1.54, 1.807) is 0 Å². The molecule has 0 bridgehead atoms. The van der Waals surface area contributed by atoms with Crippen LogP contribution < -0.4 is 5.32 Å². The highest BCUT2D eigenvalue weighted by Crippen LogP contribution is 2.31. The molecule has 0 aromatic rings. The Kier molecular flexibility index (Phi) is 2.17. The third-order valence-electron chi connectivity index (χ3n) is 3.16. The average molecular weight is 153 g/mol. The van der Waals surface area contributed by atoms with E-state index in [1.165, 1.54) is 38.5 Å². The highest BCUT2D eigenvalue weighted by Gasteiger charge is 2.33. The molecule has 0 aromatic carbocycles. The van der Waals surface area contributed by atoms with Gasteiger partial charge in [0.2, 0.25) is 0 Å². The molecule has 0 unspecified atom stereocenters. The van der Waals surface area contributed by atoms with Gasteiger partial charge in [0.05, 0.1) is 0 Å². The van der Waals surface area contributed by atoms with E-state index in [1.807, 2.05) is 0 Å². The number of hydrogen-bond acceptors (Lipinski definition) is 1. The SMILES string of the molecule is C[C@@H]1C[C@H]1NC1CCCCC1. The van der Waals surface area contributed by atoms with Crippen LogP contribution >= 0.6 is 0 Å². The Hall–Kier alpha value is -0.0400. The van der Waals surface area contributed by atoms with Crippen LogP contribution in [0.4, 0.5) is 0 Å². The standard InChI is InChI=1S/C10H19N/c1-8-7-10(8)11-9-5-3-2-4-6-9/h8-11H,2-7H2,1H3/t8-,10-/m1/s1. The van der Waals surface area contributed by atoms with Crippen molar-refractivity contribution in [3.05, 3.63) is 0 Å². The summed E-state index contributed by atoms with van der Waals surface area (Å²) < 4.78 is 0. The van der Waals surface area contributed by atoms with Crippen LogP contribution in [0.15, 0.2) is 0 Å². The fourth-order valence-corrected chi connectivity index (χ4v) is 2.13. The summed E-state index contributed by atoms with van der Waals surface area (Å²) in [6.45, 7) is 2.35. The highest BCUT2D eigenvalue weighted by molar-refractivity contribution is 4.92. The minimum atomic E-state index is 0.874. The lowest BCUT2D eigenvalue weighted by molar-refractivity contribution is 0.367. The lowest BCUT2D eigenvalue weighted by atomic mass is 9.95. The van der Waals surface area contributed by atoms with Gasteiger partial charge in [0.1, 0.15) is 0 Å². The van der Waals surface area contributed by atoms with Gasteiger partial charge in [0, 0.05) is 12.1 Å². The molecule has 0 heterocycles. The van der Waals surface area contributed by atoms with Gasteiger partial charge in [-0.25, -0.2) is 0 Å². The van der Waals surface area contributed by atoms with Crippen molar-refractivity contribution in [1.29, 1.82) is 0 Å². The Balaban J connectivity index is 1.68. The molecule has 0 amide bonds. The second kappa shape index (κ2) is 3.14. The summed E-state index contributed by atoms with van der Waals surface area (Å²) in [6.07, 6.45) is 8.68. The first kappa shape index (κ1) is 7.60. The number of hydrogen-bond donors (Lipinski definition) is 1. The number of rotatable bonds is 2. The molecule has 2 aliphatic carbocycles. The van der Waals surface area contributed by atoms with E-state index in [0.717, 1.165) is 18.0 Å². The molecular weight excluding hydrogens is 134 g/mol. The van der Waals surface area contributed by atoms with Crippen LogP contribution in [0.5, 0.6) is 0 Å². The summed E-state index contributed by atoms with van der Waals surface area (Å²) in [7, 11) is 0. The third-order valence-corrected chi connectivity index (χ3v) is 3.16. The molecule has 2 saturated carbocycles. The van der Waals surface area contributed by atoms with Crippen LogP contribution in [-0.2, 0) is 0 Å². The maximum atomic E-state index is 3.74. The van der Waals surface area contributed by atoms with Gasteiger partial charge in [-0.2, -0.15) is 0 Å². The molecule has 0 saturated heterocycles. The van der Waals surface area contributed by atoms with E-state index in [0.29, 0.717) is 0 Å². The monoisotopic (exact) mass is 153 g/mol. The Bertz CT molecular complexity index is 127. The van der Waals surface area contributed by atoms with Crippen molar-refractivity contribution < 1.29 is 0 Å². The fourth-order valence-electron chi connectivity index (χ4n) is 2.13. The van der Waals surface area contributed by atoms with Crippen LogP contribution in [0.1, 0.15) is 45.4 Å². The molecule has 0 aromatic heterocycles. The zero-order valence-electron chi connectivity index (χ0n) is 7.47. The van der Waals surface area contributed by atoms with Crippen LogP contribution in [-0.4, -0.2) is 12.1 Å². The van der Waals surface area contributed by atoms with Gasteiger partial charge >= 0.3 is 0 Å². The summed E-state index contributed by atoms with van der Waals surface area (Å²) in [4.78, 5) is 0. The molecule has 2 rings (SSSR count). The molecule has 0 radical (unpaired) electrons. The van der Waals surface area contributed by atoms with Crippen LogP contribution in [0.3, 0.4) is 0 Å². The summed E-state index contributed by atoms with van der Waals surface area (Å²) >= 11 is 0. The van der Waals surface area contributed by atoms with E-state index in [4.69, 9.17) is 0 Å². The first-order valence-corrected chi connectivity index (χ1v) is 5.12. The van der Waals surface area contributed by atoms with Crippen LogP contribution in [0.25, 0.3) is 0 Å². The Morgan fingerprint density at radius 2 is 1.73 bits per heavy atom. The molecule has 2 fully saturated rings. The molecular formula is C10H19N. The quantitative estimate of drug-likeness (QED) is 0.642. The van der Waals surface area contributed by atoms with Gasteiger partial charge in [-0.3, -0.25) is 0 Å². The topological polar surface area (TPSA) is 12.0 Å². The van der Waals surface area contributed by atoms with Crippen molar-refractivity contribution in [2.75, 3.05) is 0 Å². The fraction of sp³-hybridized carbons (Fsp3) is 1.00.